The molecule has 1 fully saturated rings. The van der Waals surface area contributed by atoms with E-state index in [0.29, 0.717) is 12.5 Å². The SMILES string of the molecule is NC(=O)c1ccc(OCCC2CCNC2)c(F)c1. The van der Waals surface area contributed by atoms with Gasteiger partial charge in [-0.25, -0.2) is 4.39 Å². The van der Waals surface area contributed by atoms with Gasteiger partial charge >= 0.3 is 0 Å². The van der Waals surface area contributed by atoms with Crippen LogP contribution in [0.5, 0.6) is 5.75 Å². The van der Waals surface area contributed by atoms with Crippen molar-refractivity contribution in [2.45, 2.75) is 12.8 Å². The molecule has 4 nitrogen and oxygen atoms in total. The number of primary amides is 1. The number of nitrogens with one attached hydrogen (secondary N) is 1. The summed E-state index contributed by atoms with van der Waals surface area (Å²) in [6.07, 6.45) is 2.05. The summed E-state index contributed by atoms with van der Waals surface area (Å²) in [4.78, 5) is 10.9. The maximum atomic E-state index is 13.6. The highest BCUT2D eigenvalue weighted by Crippen LogP contribution is 2.19. The Hall–Kier alpha value is -1.62. The number of rotatable bonds is 5. The van der Waals surface area contributed by atoms with Crippen LogP contribution in [0.4, 0.5) is 4.39 Å². The summed E-state index contributed by atoms with van der Waals surface area (Å²) in [6, 6.07) is 4.02. The molecule has 1 aliphatic rings. The van der Waals surface area contributed by atoms with Crippen molar-refractivity contribution >= 4 is 5.91 Å². The van der Waals surface area contributed by atoms with Crippen molar-refractivity contribution in [1.82, 2.24) is 5.32 Å². The van der Waals surface area contributed by atoms with Gasteiger partial charge in [0, 0.05) is 5.56 Å². The molecule has 3 N–H and O–H groups in total. The average Bonchev–Trinajstić information content (AvgIpc) is 2.84. The lowest BCUT2D eigenvalue weighted by atomic mass is 10.1. The Bertz CT molecular complexity index is 431. The van der Waals surface area contributed by atoms with Crippen LogP contribution in [-0.2, 0) is 0 Å². The number of amides is 1. The van der Waals surface area contributed by atoms with Crippen LogP contribution >= 0.6 is 0 Å². The summed E-state index contributed by atoms with van der Waals surface area (Å²) in [5.41, 5.74) is 5.21. The number of ether oxygens (including phenoxy) is 1. The standard InChI is InChI=1S/C13H17FN2O2/c14-11-7-10(13(15)17)1-2-12(11)18-6-4-9-3-5-16-8-9/h1-2,7,9,16H,3-6,8H2,(H2,15,17). The molecular formula is C13H17FN2O2. The van der Waals surface area contributed by atoms with E-state index in [1.165, 1.54) is 12.1 Å². The zero-order chi connectivity index (χ0) is 13.0. The van der Waals surface area contributed by atoms with Crippen molar-refractivity contribution < 1.29 is 13.9 Å². The summed E-state index contributed by atoms with van der Waals surface area (Å²) < 4.78 is 18.9. The van der Waals surface area contributed by atoms with E-state index < -0.39 is 11.7 Å². The molecule has 0 aromatic heterocycles. The second-order valence-corrected chi connectivity index (χ2v) is 4.51. The third-order valence-corrected chi connectivity index (χ3v) is 3.16. The van der Waals surface area contributed by atoms with Crippen LogP contribution < -0.4 is 15.8 Å². The molecule has 1 aliphatic heterocycles. The Morgan fingerprint density at radius 1 is 1.56 bits per heavy atom. The quantitative estimate of drug-likeness (QED) is 0.830. The van der Waals surface area contributed by atoms with E-state index in [2.05, 4.69) is 5.32 Å². The lowest BCUT2D eigenvalue weighted by Crippen LogP contribution is -2.13. The van der Waals surface area contributed by atoms with Crippen LogP contribution in [-0.4, -0.2) is 25.6 Å². The predicted molar refractivity (Wildman–Crippen MR) is 66.0 cm³/mol. The van der Waals surface area contributed by atoms with Crippen molar-refractivity contribution in [3.05, 3.63) is 29.6 Å². The van der Waals surface area contributed by atoms with E-state index >= 15 is 0 Å². The molecule has 1 amide bonds. The van der Waals surface area contributed by atoms with Gasteiger partial charge in [-0.15, -0.1) is 0 Å². The minimum absolute atomic E-state index is 0.153. The van der Waals surface area contributed by atoms with Gasteiger partial charge in [0.15, 0.2) is 11.6 Å². The van der Waals surface area contributed by atoms with Crippen molar-refractivity contribution in [2.75, 3.05) is 19.7 Å². The van der Waals surface area contributed by atoms with E-state index in [-0.39, 0.29) is 11.3 Å². The molecule has 1 heterocycles. The molecule has 5 heteroatoms. The van der Waals surface area contributed by atoms with Crippen LogP contribution in [0.2, 0.25) is 0 Å². The molecular weight excluding hydrogens is 235 g/mol. The third-order valence-electron chi connectivity index (χ3n) is 3.16. The monoisotopic (exact) mass is 252 g/mol. The Balaban J connectivity index is 1.87. The minimum Gasteiger partial charge on any atom is -0.491 e. The van der Waals surface area contributed by atoms with Gasteiger partial charge in [-0.2, -0.15) is 0 Å². The first-order valence-electron chi connectivity index (χ1n) is 6.09. The zero-order valence-corrected chi connectivity index (χ0v) is 10.1. The van der Waals surface area contributed by atoms with Crippen LogP contribution in [0.1, 0.15) is 23.2 Å². The summed E-state index contributed by atoms with van der Waals surface area (Å²) in [7, 11) is 0. The first-order valence-corrected chi connectivity index (χ1v) is 6.09. The third kappa shape index (κ3) is 3.20. The second-order valence-electron chi connectivity index (χ2n) is 4.51. The number of hydrogen-bond acceptors (Lipinski definition) is 3. The molecule has 0 saturated carbocycles. The van der Waals surface area contributed by atoms with Gasteiger partial charge in [0.25, 0.3) is 0 Å². The molecule has 0 aliphatic carbocycles. The van der Waals surface area contributed by atoms with Crippen LogP contribution in [0.3, 0.4) is 0 Å². The average molecular weight is 252 g/mol. The van der Waals surface area contributed by atoms with E-state index in [9.17, 15) is 9.18 Å². The highest BCUT2D eigenvalue weighted by Gasteiger charge is 2.14. The lowest BCUT2D eigenvalue weighted by molar-refractivity contribution is 0.1000. The van der Waals surface area contributed by atoms with Crippen LogP contribution in [0.15, 0.2) is 18.2 Å². The Morgan fingerprint density at radius 2 is 2.39 bits per heavy atom. The van der Waals surface area contributed by atoms with Crippen molar-refractivity contribution in [1.29, 1.82) is 0 Å². The van der Waals surface area contributed by atoms with E-state index in [4.69, 9.17) is 10.5 Å². The number of hydrogen-bond donors (Lipinski definition) is 2. The smallest absolute Gasteiger partial charge is 0.248 e. The van der Waals surface area contributed by atoms with Gasteiger partial charge < -0.3 is 15.8 Å². The topological polar surface area (TPSA) is 64.4 Å². The minimum atomic E-state index is -0.641. The van der Waals surface area contributed by atoms with E-state index in [1.807, 2.05) is 0 Å². The summed E-state index contributed by atoms with van der Waals surface area (Å²) in [5, 5.41) is 3.27. The fourth-order valence-electron chi connectivity index (χ4n) is 2.07. The normalized spacial score (nSPS) is 18.8. The summed E-state index contributed by atoms with van der Waals surface area (Å²) >= 11 is 0. The van der Waals surface area contributed by atoms with Gasteiger partial charge in [-0.1, -0.05) is 0 Å². The number of carbonyl (C=O) groups is 1. The number of nitrogens with two attached hydrogens (primary N) is 1. The highest BCUT2D eigenvalue weighted by atomic mass is 19.1. The fraction of sp³-hybridized carbons (Fsp3) is 0.462. The lowest BCUT2D eigenvalue weighted by Gasteiger charge is -2.10. The zero-order valence-electron chi connectivity index (χ0n) is 10.1. The molecule has 2 rings (SSSR count). The molecule has 0 radical (unpaired) electrons. The first kappa shape index (κ1) is 12.8. The van der Waals surface area contributed by atoms with Gasteiger partial charge in [-0.05, 0) is 50.0 Å². The molecule has 0 spiro atoms. The molecule has 1 unspecified atom stereocenters. The molecule has 98 valence electrons. The van der Waals surface area contributed by atoms with E-state index in [0.717, 1.165) is 32.0 Å². The molecule has 0 bridgehead atoms. The van der Waals surface area contributed by atoms with Crippen molar-refractivity contribution in [3.8, 4) is 5.75 Å². The second kappa shape index (κ2) is 5.82. The highest BCUT2D eigenvalue weighted by molar-refractivity contribution is 5.92. The molecule has 18 heavy (non-hydrogen) atoms. The first-order chi connectivity index (χ1) is 8.66. The van der Waals surface area contributed by atoms with Gasteiger partial charge in [0.2, 0.25) is 5.91 Å². The summed E-state index contributed by atoms with van der Waals surface area (Å²) in [5.74, 6) is -0.405. The van der Waals surface area contributed by atoms with Crippen LogP contribution in [0.25, 0.3) is 0 Å². The van der Waals surface area contributed by atoms with Crippen molar-refractivity contribution in [2.24, 2.45) is 11.7 Å². The maximum Gasteiger partial charge on any atom is 0.248 e. The molecule has 1 saturated heterocycles. The number of halogens is 1. The van der Waals surface area contributed by atoms with E-state index in [1.54, 1.807) is 0 Å². The fourth-order valence-corrected chi connectivity index (χ4v) is 2.07. The maximum absolute atomic E-state index is 13.6. The van der Waals surface area contributed by atoms with Crippen molar-refractivity contribution in [3.63, 3.8) is 0 Å². The number of carbonyl (C=O) groups excluding carboxylic acids is 1. The largest absolute Gasteiger partial charge is 0.491 e. The van der Waals surface area contributed by atoms with Gasteiger partial charge in [0.05, 0.1) is 6.61 Å². The molecule has 1 aromatic carbocycles. The Labute approximate surface area is 105 Å². The molecule has 1 aromatic rings. The Morgan fingerprint density at radius 3 is 3.00 bits per heavy atom. The van der Waals surface area contributed by atoms with Gasteiger partial charge in [-0.3, -0.25) is 4.79 Å². The number of benzene rings is 1. The molecule has 1 atom stereocenters. The Kier molecular flexibility index (Phi) is 4.15. The van der Waals surface area contributed by atoms with Gasteiger partial charge in [0.1, 0.15) is 0 Å². The van der Waals surface area contributed by atoms with Crippen LogP contribution in [0, 0.1) is 11.7 Å². The summed E-state index contributed by atoms with van der Waals surface area (Å²) in [6.45, 7) is 2.54. The predicted octanol–water partition coefficient (Wildman–Crippen LogP) is 1.30.